The van der Waals surface area contributed by atoms with Crippen molar-refractivity contribution < 1.29 is 8.85 Å². The van der Waals surface area contributed by atoms with Gasteiger partial charge in [-0.2, -0.15) is 0 Å². The van der Waals surface area contributed by atoms with Gasteiger partial charge in [-0.05, 0) is 31.1 Å². The van der Waals surface area contributed by atoms with E-state index in [4.69, 9.17) is 8.85 Å². The van der Waals surface area contributed by atoms with Crippen LogP contribution in [0.4, 0.5) is 0 Å². The summed E-state index contributed by atoms with van der Waals surface area (Å²) < 4.78 is 10.9. The molecule has 0 heterocycles. The molecule has 140 valence electrons. The van der Waals surface area contributed by atoms with Gasteiger partial charge in [-0.1, -0.05) is 57.0 Å². The van der Waals surface area contributed by atoms with Crippen LogP contribution in [0.3, 0.4) is 0 Å². The average molecular weight is 355 g/mol. The predicted molar refractivity (Wildman–Crippen MR) is 107 cm³/mol. The third-order valence-electron chi connectivity index (χ3n) is 4.00. The summed E-state index contributed by atoms with van der Waals surface area (Å²) in [5.74, 6) is 0. The molecule has 0 aliphatic rings. The fourth-order valence-electron chi connectivity index (χ4n) is 1.95. The van der Waals surface area contributed by atoms with Gasteiger partial charge in [0.1, 0.15) is 0 Å². The van der Waals surface area contributed by atoms with Crippen molar-refractivity contribution in [3.8, 4) is 0 Å². The second-order valence-corrected chi connectivity index (χ2v) is 9.64. The molecule has 0 aliphatic carbocycles. The van der Waals surface area contributed by atoms with E-state index in [0.717, 1.165) is 38.6 Å². The fourth-order valence-corrected chi connectivity index (χ4v) is 3.35. The van der Waals surface area contributed by atoms with Gasteiger partial charge in [0.2, 0.25) is 0 Å². The van der Waals surface area contributed by atoms with E-state index in [0.29, 0.717) is 0 Å². The summed E-state index contributed by atoms with van der Waals surface area (Å²) in [5, 5.41) is 6.87. The summed E-state index contributed by atoms with van der Waals surface area (Å²) in [4.78, 5) is 0. The summed E-state index contributed by atoms with van der Waals surface area (Å²) >= 11 is 0. The molecular weight excluding hydrogens is 316 g/mol. The van der Waals surface area contributed by atoms with Crippen LogP contribution >= 0.6 is 0 Å². The lowest BCUT2D eigenvalue weighted by Gasteiger charge is -2.22. The Hall–Kier alpha value is -0.723. The molecule has 0 radical (unpaired) electrons. The number of hydrogen-bond donors (Lipinski definition) is 2. The Morgan fingerprint density at radius 2 is 1.46 bits per heavy atom. The number of rotatable bonds is 12. The molecule has 0 saturated carbocycles. The third kappa shape index (κ3) is 12.7. The summed E-state index contributed by atoms with van der Waals surface area (Å²) in [6, 6.07) is 11.5. The van der Waals surface area contributed by atoms with Crippen molar-refractivity contribution in [3.63, 3.8) is 0 Å². The zero-order valence-corrected chi connectivity index (χ0v) is 17.4. The van der Waals surface area contributed by atoms with Crippen LogP contribution in [0.25, 0.3) is 0 Å². The molecule has 4 nitrogen and oxygen atoms in total. The predicted octanol–water partition coefficient (Wildman–Crippen LogP) is 3.93. The molecule has 0 amide bonds. The Morgan fingerprint density at radius 3 is 2.00 bits per heavy atom. The van der Waals surface area contributed by atoms with Gasteiger partial charge in [0, 0.05) is 33.9 Å². The number of hydrogen-bond acceptors (Lipinski definition) is 4. The van der Waals surface area contributed by atoms with Gasteiger partial charge >= 0.3 is 8.56 Å². The standard InChI is InChI=1S/C15H28N2O2Si.C4H10/c1-18-20(3,19-2)13-7-10-16-11-12-17-14-15-8-5-4-6-9-15;1-3-4-2/h4-6,8-9,16-17H,7,10-14H2,1-3H3;3-4H2,1-2H3. The Bertz CT molecular complexity index is 371. The molecule has 0 saturated heterocycles. The van der Waals surface area contributed by atoms with Crippen molar-refractivity contribution in [1.82, 2.24) is 10.6 Å². The normalized spacial score (nSPS) is 11.0. The van der Waals surface area contributed by atoms with E-state index in [9.17, 15) is 0 Å². The van der Waals surface area contributed by atoms with Crippen molar-refractivity contribution in [2.45, 2.75) is 52.2 Å². The van der Waals surface area contributed by atoms with E-state index in [1.54, 1.807) is 14.2 Å². The van der Waals surface area contributed by atoms with Gasteiger partial charge in [-0.15, -0.1) is 0 Å². The smallest absolute Gasteiger partial charge is 0.334 e. The zero-order chi connectivity index (χ0) is 18.1. The highest BCUT2D eigenvalue weighted by molar-refractivity contribution is 6.65. The molecule has 0 aromatic heterocycles. The van der Waals surface area contributed by atoms with Crippen LogP contribution in [0, 0.1) is 0 Å². The largest absolute Gasteiger partial charge is 0.398 e. The molecule has 0 unspecified atom stereocenters. The molecule has 5 heteroatoms. The summed E-state index contributed by atoms with van der Waals surface area (Å²) in [7, 11) is 1.62. The Labute approximate surface area is 150 Å². The highest BCUT2D eigenvalue weighted by atomic mass is 28.4. The molecule has 0 aliphatic heterocycles. The molecule has 0 spiro atoms. The summed E-state index contributed by atoms with van der Waals surface area (Å²) in [6.07, 6.45) is 3.74. The molecule has 0 fully saturated rings. The van der Waals surface area contributed by atoms with Crippen LogP contribution in [0.5, 0.6) is 0 Å². The van der Waals surface area contributed by atoms with Gasteiger partial charge in [-0.3, -0.25) is 0 Å². The van der Waals surface area contributed by atoms with E-state index < -0.39 is 8.56 Å². The maximum Gasteiger partial charge on any atom is 0.334 e. The highest BCUT2D eigenvalue weighted by Gasteiger charge is 2.27. The lowest BCUT2D eigenvalue weighted by molar-refractivity contribution is 0.248. The van der Waals surface area contributed by atoms with Gasteiger partial charge < -0.3 is 19.5 Å². The average Bonchev–Trinajstić information content (AvgIpc) is 2.64. The lowest BCUT2D eigenvalue weighted by Crippen LogP contribution is -2.37. The minimum absolute atomic E-state index is 0.931. The molecule has 0 atom stereocenters. The topological polar surface area (TPSA) is 42.5 Å². The van der Waals surface area contributed by atoms with E-state index in [2.05, 4.69) is 55.3 Å². The van der Waals surface area contributed by atoms with Crippen LogP contribution in [-0.4, -0.2) is 42.4 Å². The van der Waals surface area contributed by atoms with Crippen LogP contribution < -0.4 is 10.6 Å². The van der Waals surface area contributed by atoms with Crippen LogP contribution in [0.1, 0.15) is 38.7 Å². The monoisotopic (exact) mass is 354 g/mol. The Balaban J connectivity index is 0.00000118. The van der Waals surface area contributed by atoms with Crippen molar-refractivity contribution in [1.29, 1.82) is 0 Å². The molecular formula is C19H38N2O2Si. The summed E-state index contributed by atoms with van der Waals surface area (Å²) in [5.41, 5.74) is 1.33. The zero-order valence-electron chi connectivity index (χ0n) is 16.4. The summed E-state index contributed by atoms with van der Waals surface area (Å²) in [6.45, 7) is 10.4. The number of benzene rings is 1. The minimum Gasteiger partial charge on any atom is -0.398 e. The van der Waals surface area contributed by atoms with Gasteiger partial charge in [0.15, 0.2) is 0 Å². The second kappa shape index (κ2) is 15.8. The van der Waals surface area contributed by atoms with Crippen LogP contribution in [0.15, 0.2) is 30.3 Å². The van der Waals surface area contributed by atoms with Crippen molar-refractivity contribution in [2.75, 3.05) is 33.9 Å². The molecule has 0 bridgehead atoms. The fraction of sp³-hybridized carbons (Fsp3) is 0.684. The SMILES string of the molecule is CCCC.CO[Si](C)(CCCNCCNCc1ccccc1)OC. The quantitative estimate of drug-likeness (QED) is 0.441. The second-order valence-electron chi connectivity index (χ2n) is 6.06. The van der Waals surface area contributed by atoms with Crippen molar-refractivity contribution in [2.24, 2.45) is 0 Å². The molecule has 1 aromatic carbocycles. The third-order valence-corrected chi connectivity index (χ3v) is 6.99. The highest BCUT2D eigenvalue weighted by Crippen LogP contribution is 2.12. The molecule has 1 aromatic rings. The lowest BCUT2D eigenvalue weighted by atomic mass is 10.2. The van der Waals surface area contributed by atoms with Gasteiger partial charge in [0.25, 0.3) is 0 Å². The van der Waals surface area contributed by atoms with E-state index in [1.807, 2.05) is 6.07 Å². The first kappa shape index (κ1) is 23.3. The Kier molecular flexibility index (Phi) is 15.3. The number of nitrogens with one attached hydrogen (secondary N) is 2. The van der Waals surface area contributed by atoms with E-state index in [-0.39, 0.29) is 0 Å². The Morgan fingerprint density at radius 1 is 0.875 bits per heavy atom. The molecule has 1 rings (SSSR count). The van der Waals surface area contributed by atoms with Gasteiger partial charge in [0.05, 0.1) is 0 Å². The first-order chi connectivity index (χ1) is 11.6. The maximum atomic E-state index is 5.46. The molecule has 24 heavy (non-hydrogen) atoms. The van der Waals surface area contributed by atoms with Gasteiger partial charge in [-0.25, -0.2) is 0 Å². The van der Waals surface area contributed by atoms with Crippen molar-refractivity contribution >= 4 is 8.56 Å². The van der Waals surface area contributed by atoms with E-state index >= 15 is 0 Å². The number of unbranched alkanes of at least 4 members (excludes halogenated alkanes) is 1. The minimum atomic E-state index is -1.87. The first-order valence-electron chi connectivity index (χ1n) is 9.17. The maximum absolute atomic E-state index is 5.46. The van der Waals surface area contributed by atoms with E-state index in [1.165, 1.54) is 18.4 Å². The van der Waals surface area contributed by atoms with Crippen molar-refractivity contribution in [3.05, 3.63) is 35.9 Å². The first-order valence-corrected chi connectivity index (χ1v) is 11.7. The van der Waals surface area contributed by atoms with Crippen LogP contribution in [-0.2, 0) is 15.4 Å². The van der Waals surface area contributed by atoms with Crippen LogP contribution in [0.2, 0.25) is 12.6 Å². The molecule has 2 N–H and O–H groups in total.